The lowest BCUT2D eigenvalue weighted by Gasteiger charge is -2.27. The molecule has 1 saturated carbocycles. The molecule has 0 radical (unpaired) electrons. The van der Waals surface area contributed by atoms with Crippen molar-refractivity contribution in [1.82, 2.24) is 0 Å². The van der Waals surface area contributed by atoms with E-state index in [1.165, 1.54) is 56.9 Å². The molecule has 0 aromatic heterocycles. The third-order valence-corrected chi connectivity index (χ3v) is 6.21. The summed E-state index contributed by atoms with van der Waals surface area (Å²) in [6.07, 6.45) is 20.7. The molecule has 25 heavy (non-hydrogen) atoms. The highest BCUT2D eigenvalue weighted by atomic mass is 16.3. The fraction of sp³-hybridized carbons (Fsp3) is 0.583. The molecular formula is C24H34O. The summed E-state index contributed by atoms with van der Waals surface area (Å²) in [5.74, 6) is 3.00. The average molecular weight is 339 g/mol. The molecule has 2 aliphatic rings. The summed E-state index contributed by atoms with van der Waals surface area (Å²) in [7, 11) is 0. The average Bonchev–Trinajstić information content (AvgIpc) is 2.68. The molecule has 3 rings (SSSR count). The molecule has 0 bridgehead atoms. The van der Waals surface area contributed by atoms with Crippen LogP contribution in [0.2, 0.25) is 0 Å². The first-order valence-corrected chi connectivity index (χ1v) is 10.3. The van der Waals surface area contributed by atoms with E-state index in [9.17, 15) is 0 Å². The zero-order valence-electron chi connectivity index (χ0n) is 15.7. The van der Waals surface area contributed by atoms with Crippen molar-refractivity contribution in [3.8, 4) is 0 Å². The van der Waals surface area contributed by atoms with Gasteiger partial charge in [0.15, 0.2) is 0 Å². The van der Waals surface area contributed by atoms with Gasteiger partial charge in [0, 0.05) is 5.92 Å². The van der Waals surface area contributed by atoms with E-state index in [-0.39, 0.29) is 6.61 Å². The van der Waals surface area contributed by atoms with Crippen LogP contribution in [-0.2, 0) is 6.61 Å². The molecule has 1 nitrogen and oxygen atoms in total. The first-order chi connectivity index (χ1) is 12.3. The number of aliphatic hydroxyl groups is 1. The minimum absolute atomic E-state index is 0.133. The Kier molecular flexibility index (Phi) is 6.93. The van der Waals surface area contributed by atoms with E-state index in [2.05, 4.69) is 43.4 Å². The zero-order chi connectivity index (χ0) is 17.5. The number of rotatable bonds is 6. The molecule has 0 heterocycles. The number of hydrogen-bond donors (Lipinski definition) is 1. The van der Waals surface area contributed by atoms with Crippen molar-refractivity contribution in [2.45, 2.75) is 70.8 Å². The maximum Gasteiger partial charge on any atom is 0.0681 e. The van der Waals surface area contributed by atoms with Gasteiger partial charge in [-0.1, -0.05) is 68.3 Å². The first kappa shape index (κ1) is 18.5. The number of hydrogen-bond acceptors (Lipinski definition) is 1. The van der Waals surface area contributed by atoms with Gasteiger partial charge in [0.05, 0.1) is 6.61 Å². The number of aliphatic hydroxyl groups excluding tert-OH is 1. The monoisotopic (exact) mass is 338 g/mol. The molecule has 2 unspecified atom stereocenters. The number of allylic oxidation sites excluding steroid dienone is 4. The van der Waals surface area contributed by atoms with Crippen LogP contribution >= 0.6 is 0 Å². The van der Waals surface area contributed by atoms with Crippen molar-refractivity contribution in [2.24, 2.45) is 17.8 Å². The van der Waals surface area contributed by atoms with Gasteiger partial charge in [0.25, 0.3) is 0 Å². The van der Waals surface area contributed by atoms with Crippen LogP contribution in [0.25, 0.3) is 0 Å². The van der Waals surface area contributed by atoms with Crippen LogP contribution in [-0.4, -0.2) is 5.11 Å². The van der Waals surface area contributed by atoms with Gasteiger partial charge in [-0.3, -0.25) is 0 Å². The summed E-state index contributed by atoms with van der Waals surface area (Å²) in [4.78, 5) is 0. The van der Waals surface area contributed by atoms with Crippen LogP contribution in [0.3, 0.4) is 0 Å². The second-order valence-corrected chi connectivity index (χ2v) is 8.09. The van der Waals surface area contributed by atoms with Crippen LogP contribution in [0.15, 0.2) is 48.6 Å². The summed E-state index contributed by atoms with van der Waals surface area (Å²) in [6.45, 7) is 2.45. The van der Waals surface area contributed by atoms with Crippen LogP contribution in [0.4, 0.5) is 0 Å². The topological polar surface area (TPSA) is 20.2 Å². The van der Waals surface area contributed by atoms with Gasteiger partial charge < -0.3 is 5.11 Å². The van der Waals surface area contributed by atoms with Crippen molar-refractivity contribution >= 4 is 0 Å². The smallest absolute Gasteiger partial charge is 0.0681 e. The Morgan fingerprint density at radius 3 is 2.28 bits per heavy atom. The molecule has 0 aliphatic heterocycles. The van der Waals surface area contributed by atoms with Gasteiger partial charge >= 0.3 is 0 Å². The molecular weight excluding hydrogens is 304 g/mol. The lowest BCUT2D eigenvalue weighted by Crippen LogP contribution is -2.13. The predicted molar refractivity (Wildman–Crippen MR) is 106 cm³/mol. The van der Waals surface area contributed by atoms with Crippen molar-refractivity contribution < 1.29 is 5.11 Å². The maximum atomic E-state index is 9.16. The van der Waals surface area contributed by atoms with Crippen LogP contribution < -0.4 is 0 Å². The molecule has 0 spiro atoms. The molecule has 0 saturated heterocycles. The Morgan fingerprint density at radius 2 is 1.68 bits per heavy atom. The van der Waals surface area contributed by atoms with E-state index < -0.39 is 0 Å². The quantitative estimate of drug-likeness (QED) is 0.596. The molecule has 2 atom stereocenters. The van der Waals surface area contributed by atoms with Crippen molar-refractivity contribution in [3.05, 3.63) is 59.7 Å². The largest absolute Gasteiger partial charge is 0.392 e. The first-order valence-electron chi connectivity index (χ1n) is 10.3. The van der Waals surface area contributed by atoms with E-state index >= 15 is 0 Å². The Bertz CT molecular complexity index is 560. The minimum atomic E-state index is 0.133. The lowest BCUT2D eigenvalue weighted by molar-refractivity contribution is 0.282. The molecule has 136 valence electrons. The molecule has 1 heteroatoms. The summed E-state index contributed by atoms with van der Waals surface area (Å²) in [6, 6.07) is 8.44. The van der Waals surface area contributed by atoms with Gasteiger partial charge in [-0.25, -0.2) is 0 Å². The highest BCUT2D eigenvalue weighted by Gasteiger charge is 2.20. The molecule has 1 fully saturated rings. The second-order valence-electron chi connectivity index (χ2n) is 8.09. The maximum absolute atomic E-state index is 9.16. The van der Waals surface area contributed by atoms with Gasteiger partial charge in [0.1, 0.15) is 0 Å². The molecule has 0 amide bonds. The summed E-state index contributed by atoms with van der Waals surface area (Å²) in [5.41, 5.74) is 2.38. The Morgan fingerprint density at radius 1 is 0.920 bits per heavy atom. The van der Waals surface area contributed by atoms with Gasteiger partial charge in [-0.05, 0) is 67.4 Å². The Balaban J connectivity index is 1.47. The standard InChI is InChI=1S/C24H34O/c1-2-3-19-4-6-20(7-5-19)8-9-21-10-14-23(15-11-21)24-16-12-22(18-25)13-17-24/h8-10,12-14,16-17,19-21,23,25H,2-7,11,15,18H2,1H3. The SMILES string of the molecule is CCCC1CCC(C=CC2C=CC(c3ccc(CO)cc3)CC2)CC1. The molecule has 1 N–H and O–H groups in total. The van der Waals surface area contributed by atoms with E-state index in [0.29, 0.717) is 11.8 Å². The molecule has 1 aromatic rings. The normalized spacial score (nSPS) is 30.0. The van der Waals surface area contributed by atoms with Gasteiger partial charge in [-0.15, -0.1) is 0 Å². The predicted octanol–water partition coefficient (Wildman–Crippen LogP) is 6.39. The van der Waals surface area contributed by atoms with Gasteiger partial charge in [0.2, 0.25) is 0 Å². The summed E-state index contributed by atoms with van der Waals surface area (Å²) in [5, 5.41) is 9.16. The molecule has 2 aliphatic carbocycles. The van der Waals surface area contributed by atoms with E-state index in [0.717, 1.165) is 17.4 Å². The van der Waals surface area contributed by atoms with E-state index in [1.54, 1.807) is 0 Å². The van der Waals surface area contributed by atoms with Crippen LogP contribution in [0.5, 0.6) is 0 Å². The van der Waals surface area contributed by atoms with E-state index in [1.807, 2.05) is 12.1 Å². The highest BCUT2D eigenvalue weighted by molar-refractivity contribution is 5.29. The summed E-state index contributed by atoms with van der Waals surface area (Å²) < 4.78 is 0. The highest BCUT2D eigenvalue weighted by Crippen LogP contribution is 2.34. The fourth-order valence-electron chi connectivity index (χ4n) is 4.53. The Labute approximate surface area is 153 Å². The number of benzene rings is 1. The zero-order valence-corrected chi connectivity index (χ0v) is 15.7. The van der Waals surface area contributed by atoms with Crippen LogP contribution in [0.1, 0.15) is 75.3 Å². The van der Waals surface area contributed by atoms with Gasteiger partial charge in [-0.2, -0.15) is 0 Å². The van der Waals surface area contributed by atoms with Crippen molar-refractivity contribution in [1.29, 1.82) is 0 Å². The molecule has 1 aromatic carbocycles. The minimum Gasteiger partial charge on any atom is -0.392 e. The summed E-state index contributed by atoms with van der Waals surface area (Å²) >= 11 is 0. The van der Waals surface area contributed by atoms with E-state index in [4.69, 9.17) is 5.11 Å². The lowest BCUT2D eigenvalue weighted by atomic mass is 9.79. The third kappa shape index (κ3) is 5.31. The fourth-order valence-corrected chi connectivity index (χ4v) is 4.53. The Hall–Kier alpha value is -1.34. The third-order valence-electron chi connectivity index (χ3n) is 6.21. The van der Waals surface area contributed by atoms with Crippen molar-refractivity contribution in [3.63, 3.8) is 0 Å². The van der Waals surface area contributed by atoms with Crippen LogP contribution in [0, 0.1) is 17.8 Å². The second kappa shape index (κ2) is 9.38. The van der Waals surface area contributed by atoms with Crippen molar-refractivity contribution in [2.75, 3.05) is 0 Å².